The third-order valence-electron chi connectivity index (χ3n) is 2.40. The van der Waals surface area contributed by atoms with Crippen molar-refractivity contribution in [2.24, 2.45) is 5.10 Å². The number of carbonyl (C=O) groups excluding carboxylic acids is 1. The van der Waals surface area contributed by atoms with E-state index in [1.54, 1.807) is 30.3 Å². The molecule has 0 radical (unpaired) electrons. The van der Waals surface area contributed by atoms with Gasteiger partial charge in [-0.05, 0) is 23.8 Å². The lowest BCUT2D eigenvalue weighted by Gasteiger charge is -2.05. The fraction of sp³-hybridized carbons (Fsp3) is 0. The molecule has 96 valence electrons. The van der Waals surface area contributed by atoms with Crippen LogP contribution in [0.5, 0.6) is 0 Å². The molecule has 0 aliphatic rings. The average Bonchev–Trinajstić information content (AvgIpc) is 2.41. The van der Waals surface area contributed by atoms with E-state index in [0.29, 0.717) is 11.3 Å². The van der Waals surface area contributed by atoms with E-state index in [4.69, 9.17) is 0 Å². The summed E-state index contributed by atoms with van der Waals surface area (Å²) in [6.07, 6.45) is 1.32. The van der Waals surface area contributed by atoms with Crippen LogP contribution in [0.4, 0.5) is 10.1 Å². The lowest BCUT2D eigenvalue weighted by molar-refractivity contribution is -0.255. The van der Waals surface area contributed by atoms with E-state index in [2.05, 4.69) is 10.5 Å². The molecule has 0 fully saturated rings. The molecule has 19 heavy (non-hydrogen) atoms. The summed E-state index contributed by atoms with van der Waals surface area (Å²) < 4.78 is 13.3. The molecule has 0 heterocycles. The molecule has 0 aromatic heterocycles. The molecule has 0 saturated heterocycles. The number of hydrogen-bond acceptors (Lipinski definition) is 4. The van der Waals surface area contributed by atoms with E-state index < -0.39 is 5.97 Å². The minimum Gasteiger partial charge on any atom is -0.545 e. The lowest BCUT2D eigenvalue weighted by atomic mass is 10.2. The third kappa shape index (κ3) is 3.38. The first-order chi connectivity index (χ1) is 9.16. The van der Waals surface area contributed by atoms with Crippen LogP contribution in [0, 0.1) is 5.82 Å². The molecule has 2 aromatic rings. The highest BCUT2D eigenvalue weighted by atomic mass is 19.1. The monoisotopic (exact) mass is 257 g/mol. The van der Waals surface area contributed by atoms with Gasteiger partial charge in [0.25, 0.3) is 0 Å². The van der Waals surface area contributed by atoms with E-state index in [-0.39, 0.29) is 11.4 Å². The first kappa shape index (κ1) is 12.8. The second-order valence-corrected chi connectivity index (χ2v) is 3.76. The minimum atomic E-state index is -1.26. The molecule has 2 rings (SSSR count). The van der Waals surface area contributed by atoms with Gasteiger partial charge in [0.2, 0.25) is 0 Å². The molecular formula is C14H10FN2O2-. The maximum Gasteiger partial charge on any atom is 0.132 e. The van der Waals surface area contributed by atoms with Gasteiger partial charge in [0.1, 0.15) is 5.82 Å². The van der Waals surface area contributed by atoms with Crippen molar-refractivity contribution in [3.63, 3.8) is 0 Å². The van der Waals surface area contributed by atoms with E-state index >= 15 is 0 Å². The minimum absolute atomic E-state index is 0.0473. The Morgan fingerprint density at radius 3 is 2.74 bits per heavy atom. The predicted molar refractivity (Wildman–Crippen MR) is 68.4 cm³/mol. The van der Waals surface area contributed by atoms with E-state index in [1.165, 1.54) is 24.4 Å². The number of carboxylic acid groups (broad SMARTS) is 1. The number of nitrogens with one attached hydrogen (secondary N) is 1. The van der Waals surface area contributed by atoms with Crippen molar-refractivity contribution in [3.05, 3.63) is 65.5 Å². The van der Waals surface area contributed by atoms with Crippen LogP contribution in [0.25, 0.3) is 0 Å². The first-order valence-electron chi connectivity index (χ1n) is 5.52. The van der Waals surface area contributed by atoms with Gasteiger partial charge in [0.05, 0.1) is 17.9 Å². The van der Waals surface area contributed by atoms with E-state index in [0.717, 1.165) is 0 Å². The molecule has 0 saturated carbocycles. The number of anilines is 1. The van der Waals surface area contributed by atoms with E-state index in [1.807, 2.05) is 0 Å². The molecule has 0 amide bonds. The Morgan fingerprint density at radius 1 is 1.21 bits per heavy atom. The number of hydrazone groups is 1. The Balaban J connectivity index is 2.09. The summed E-state index contributed by atoms with van der Waals surface area (Å²) in [6, 6.07) is 12.2. The van der Waals surface area contributed by atoms with Crippen LogP contribution in [0.15, 0.2) is 53.6 Å². The zero-order valence-corrected chi connectivity index (χ0v) is 9.84. The van der Waals surface area contributed by atoms with Gasteiger partial charge < -0.3 is 9.90 Å². The van der Waals surface area contributed by atoms with Gasteiger partial charge in [0.15, 0.2) is 0 Å². The Labute approximate surface area is 109 Å². The van der Waals surface area contributed by atoms with Gasteiger partial charge in [-0.15, -0.1) is 0 Å². The largest absolute Gasteiger partial charge is 0.545 e. The highest BCUT2D eigenvalue weighted by Gasteiger charge is 1.97. The number of nitrogens with zero attached hydrogens (tertiary/aromatic N) is 1. The van der Waals surface area contributed by atoms with Crippen LogP contribution in [-0.2, 0) is 0 Å². The maximum atomic E-state index is 13.3. The number of benzene rings is 2. The van der Waals surface area contributed by atoms with Crippen molar-refractivity contribution in [1.82, 2.24) is 0 Å². The van der Waals surface area contributed by atoms with Crippen molar-refractivity contribution in [2.45, 2.75) is 0 Å². The highest BCUT2D eigenvalue weighted by molar-refractivity contribution is 5.87. The summed E-state index contributed by atoms with van der Waals surface area (Å²) in [5.41, 5.74) is 3.49. The van der Waals surface area contributed by atoms with Gasteiger partial charge in [-0.3, -0.25) is 5.43 Å². The lowest BCUT2D eigenvalue weighted by Crippen LogP contribution is -2.22. The van der Waals surface area contributed by atoms with Gasteiger partial charge in [-0.2, -0.15) is 5.10 Å². The summed E-state index contributed by atoms with van der Waals surface area (Å²) in [6.45, 7) is 0. The number of halogens is 1. The summed E-state index contributed by atoms with van der Waals surface area (Å²) >= 11 is 0. The number of carbonyl (C=O) groups is 1. The summed E-state index contributed by atoms with van der Waals surface area (Å²) in [5, 5.41) is 14.5. The summed E-state index contributed by atoms with van der Waals surface area (Å²) in [4.78, 5) is 10.7. The number of rotatable bonds is 4. The molecule has 0 aliphatic heterocycles. The zero-order chi connectivity index (χ0) is 13.7. The predicted octanol–water partition coefficient (Wildman–Crippen LogP) is 1.64. The number of carboxylic acids is 1. The molecular weight excluding hydrogens is 247 g/mol. The SMILES string of the molecule is O=C([O-])c1cccc(N/N=C\c2ccccc2F)c1. The van der Waals surface area contributed by atoms with Crippen LogP contribution in [0.1, 0.15) is 15.9 Å². The first-order valence-corrected chi connectivity index (χ1v) is 5.52. The number of hydrogen-bond donors (Lipinski definition) is 1. The second-order valence-electron chi connectivity index (χ2n) is 3.76. The van der Waals surface area contributed by atoms with Crippen LogP contribution in [0.3, 0.4) is 0 Å². The van der Waals surface area contributed by atoms with Crippen LogP contribution >= 0.6 is 0 Å². The average molecular weight is 257 g/mol. The van der Waals surface area contributed by atoms with Gasteiger partial charge in [-0.25, -0.2) is 4.39 Å². The van der Waals surface area contributed by atoms with Crippen LogP contribution < -0.4 is 10.5 Å². The molecule has 5 heteroatoms. The Morgan fingerprint density at radius 2 is 2.00 bits per heavy atom. The molecule has 0 bridgehead atoms. The molecule has 2 aromatic carbocycles. The fourth-order valence-electron chi connectivity index (χ4n) is 1.47. The molecule has 0 unspecified atom stereocenters. The highest BCUT2D eigenvalue weighted by Crippen LogP contribution is 2.10. The molecule has 0 spiro atoms. The normalized spacial score (nSPS) is 10.6. The smallest absolute Gasteiger partial charge is 0.132 e. The van der Waals surface area contributed by atoms with Crippen molar-refractivity contribution >= 4 is 17.9 Å². The third-order valence-corrected chi connectivity index (χ3v) is 2.40. The second kappa shape index (κ2) is 5.77. The topological polar surface area (TPSA) is 64.5 Å². The molecule has 0 atom stereocenters. The maximum absolute atomic E-state index is 13.3. The fourth-order valence-corrected chi connectivity index (χ4v) is 1.47. The van der Waals surface area contributed by atoms with Gasteiger partial charge in [0, 0.05) is 5.56 Å². The Hall–Kier alpha value is -2.69. The van der Waals surface area contributed by atoms with Crippen molar-refractivity contribution < 1.29 is 14.3 Å². The van der Waals surface area contributed by atoms with Crippen LogP contribution in [0.2, 0.25) is 0 Å². The Bertz CT molecular complexity index is 626. The van der Waals surface area contributed by atoms with Crippen LogP contribution in [-0.4, -0.2) is 12.2 Å². The van der Waals surface area contributed by atoms with Gasteiger partial charge in [-0.1, -0.05) is 30.3 Å². The van der Waals surface area contributed by atoms with E-state index in [9.17, 15) is 14.3 Å². The molecule has 4 nitrogen and oxygen atoms in total. The summed E-state index contributed by atoms with van der Waals surface area (Å²) in [5.74, 6) is -1.64. The molecule has 1 N–H and O–H groups in total. The molecule has 0 aliphatic carbocycles. The van der Waals surface area contributed by atoms with Crippen molar-refractivity contribution in [1.29, 1.82) is 0 Å². The zero-order valence-electron chi connectivity index (χ0n) is 9.84. The van der Waals surface area contributed by atoms with Gasteiger partial charge >= 0.3 is 0 Å². The van der Waals surface area contributed by atoms with Crippen molar-refractivity contribution in [3.8, 4) is 0 Å². The summed E-state index contributed by atoms with van der Waals surface area (Å²) in [7, 11) is 0. The standard InChI is InChI=1S/C14H11FN2O2/c15-13-7-2-1-4-11(13)9-16-17-12-6-3-5-10(8-12)14(18)19/h1-9,17H,(H,18,19)/p-1/b16-9-. The number of aromatic carboxylic acids is 1. The van der Waals surface area contributed by atoms with Crippen molar-refractivity contribution in [2.75, 3.05) is 5.43 Å². The quantitative estimate of drug-likeness (QED) is 0.669. The Kier molecular flexibility index (Phi) is 3.87.